The van der Waals surface area contributed by atoms with Crippen LogP contribution in [0, 0.1) is 5.92 Å². The molecule has 2 heterocycles. The van der Waals surface area contributed by atoms with Crippen LogP contribution in [0.1, 0.15) is 26.2 Å². The Bertz CT molecular complexity index is 267. The van der Waals surface area contributed by atoms with Gasteiger partial charge in [-0.25, -0.2) is 0 Å². The van der Waals surface area contributed by atoms with Gasteiger partial charge in [0.2, 0.25) is 5.91 Å². The Morgan fingerprint density at radius 1 is 1.40 bits per heavy atom. The Morgan fingerprint density at radius 2 is 2.07 bits per heavy atom. The van der Waals surface area contributed by atoms with E-state index in [1.165, 1.54) is 0 Å². The molecule has 0 aliphatic carbocycles. The van der Waals surface area contributed by atoms with Crippen molar-refractivity contribution in [1.29, 1.82) is 0 Å². The van der Waals surface area contributed by atoms with Gasteiger partial charge >= 0.3 is 0 Å². The molecule has 1 amide bonds. The van der Waals surface area contributed by atoms with Gasteiger partial charge in [-0.2, -0.15) is 0 Å². The normalized spacial score (nSPS) is 32.1. The monoisotopic (exact) mass is 211 g/mol. The molecule has 0 radical (unpaired) electrons. The predicted octanol–water partition coefficient (Wildman–Crippen LogP) is 0.603. The highest BCUT2D eigenvalue weighted by atomic mass is 16.5. The minimum absolute atomic E-state index is 0.0122. The molecule has 0 aromatic rings. The summed E-state index contributed by atoms with van der Waals surface area (Å²) in [4.78, 5) is 24.9. The predicted molar refractivity (Wildman–Crippen MR) is 54.3 cm³/mol. The Kier molecular flexibility index (Phi) is 3.05. The Labute approximate surface area is 89.6 Å². The van der Waals surface area contributed by atoms with E-state index in [1.54, 1.807) is 0 Å². The molecule has 0 bridgehead atoms. The summed E-state index contributed by atoms with van der Waals surface area (Å²) in [5.74, 6) is 0.459. The summed E-state index contributed by atoms with van der Waals surface area (Å²) < 4.78 is 5.38. The van der Waals surface area contributed by atoms with Gasteiger partial charge in [-0.1, -0.05) is 0 Å². The number of likely N-dealkylation sites (tertiary alicyclic amines) is 1. The average Bonchev–Trinajstić information content (AvgIpc) is 2.65. The number of ketones is 1. The third-order valence-corrected chi connectivity index (χ3v) is 3.33. The standard InChI is InChI=1S/C11H17NO3/c1-8-10(4-7-15-8)11(14)12-5-2-9(13)3-6-12/h8,10H,2-7H2,1H3. The van der Waals surface area contributed by atoms with Gasteiger partial charge in [-0.15, -0.1) is 0 Å². The number of hydrogen-bond acceptors (Lipinski definition) is 3. The second-order valence-corrected chi connectivity index (χ2v) is 4.34. The number of piperidine rings is 1. The summed E-state index contributed by atoms with van der Waals surface area (Å²) in [6.07, 6.45) is 1.90. The molecule has 2 unspecified atom stereocenters. The van der Waals surface area contributed by atoms with E-state index in [0.29, 0.717) is 32.5 Å². The van der Waals surface area contributed by atoms with Crippen molar-refractivity contribution in [2.24, 2.45) is 5.92 Å². The molecule has 0 aromatic heterocycles. The van der Waals surface area contributed by atoms with Gasteiger partial charge in [0.25, 0.3) is 0 Å². The van der Waals surface area contributed by atoms with E-state index >= 15 is 0 Å². The van der Waals surface area contributed by atoms with Crippen LogP contribution in [0.15, 0.2) is 0 Å². The summed E-state index contributed by atoms with van der Waals surface area (Å²) in [5, 5.41) is 0. The fraction of sp³-hybridized carbons (Fsp3) is 0.818. The molecule has 2 fully saturated rings. The molecule has 2 saturated heterocycles. The first kappa shape index (κ1) is 10.6. The number of amides is 1. The van der Waals surface area contributed by atoms with Crippen LogP contribution in [0.2, 0.25) is 0 Å². The van der Waals surface area contributed by atoms with Crippen LogP contribution >= 0.6 is 0 Å². The van der Waals surface area contributed by atoms with Gasteiger partial charge in [-0.05, 0) is 13.3 Å². The zero-order valence-corrected chi connectivity index (χ0v) is 9.07. The molecule has 0 N–H and O–H groups in total. The van der Waals surface area contributed by atoms with Crippen molar-refractivity contribution in [3.05, 3.63) is 0 Å². The van der Waals surface area contributed by atoms with Gasteiger partial charge in [0, 0.05) is 32.5 Å². The number of rotatable bonds is 1. The quantitative estimate of drug-likeness (QED) is 0.638. The molecule has 2 aliphatic rings. The largest absolute Gasteiger partial charge is 0.378 e. The van der Waals surface area contributed by atoms with Crippen LogP contribution in [0.25, 0.3) is 0 Å². The zero-order chi connectivity index (χ0) is 10.8. The molecular weight excluding hydrogens is 194 g/mol. The van der Waals surface area contributed by atoms with Gasteiger partial charge in [-0.3, -0.25) is 9.59 Å². The molecule has 15 heavy (non-hydrogen) atoms. The SMILES string of the molecule is CC1OCCC1C(=O)N1CCC(=O)CC1. The van der Waals surface area contributed by atoms with Crippen molar-refractivity contribution in [3.63, 3.8) is 0 Å². The fourth-order valence-corrected chi connectivity index (χ4v) is 2.27. The smallest absolute Gasteiger partial charge is 0.228 e. The molecular formula is C11H17NO3. The minimum Gasteiger partial charge on any atom is -0.378 e. The number of hydrogen-bond donors (Lipinski definition) is 0. The molecule has 4 heteroatoms. The van der Waals surface area contributed by atoms with Crippen LogP contribution in [-0.2, 0) is 14.3 Å². The molecule has 2 atom stereocenters. The summed E-state index contributed by atoms with van der Waals surface area (Å²) >= 11 is 0. The fourth-order valence-electron chi connectivity index (χ4n) is 2.27. The van der Waals surface area contributed by atoms with E-state index in [4.69, 9.17) is 4.74 Å². The molecule has 4 nitrogen and oxygen atoms in total. The summed E-state index contributed by atoms with van der Waals surface area (Å²) in [6.45, 7) is 3.83. The highest BCUT2D eigenvalue weighted by Crippen LogP contribution is 2.23. The molecule has 0 spiro atoms. The lowest BCUT2D eigenvalue weighted by molar-refractivity contribution is -0.139. The van der Waals surface area contributed by atoms with Crippen molar-refractivity contribution in [1.82, 2.24) is 4.90 Å². The van der Waals surface area contributed by atoms with Crippen LogP contribution in [0.5, 0.6) is 0 Å². The third-order valence-electron chi connectivity index (χ3n) is 3.33. The number of nitrogens with zero attached hydrogens (tertiary/aromatic N) is 1. The maximum absolute atomic E-state index is 12.1. The molecule has 84 valence electrons. The lowest BCUT2D eigenvalue weighted by Crippen LogP contribution is -2.43. The Morgan fingerprint density at radius 3 is 2.60 bits per heavy atom. The first-order valence-electron chi connectivity index (χ1n) is 5.60. The second kappa shape index (κ2) is 4.31. The van der Waals surface area contributed by atoms with Crippen LogP contribution < -0.4 is 0 Å². The highest BCUT2D eigenvalue weighted by Gasteiger charge is 2.34. The average molecular weight is 211 g/mol. The van der Waals surface area contributed by atoms with E-state index in [9.17, 15) is 9.59 Å². The first-order valence-corrected chi connectivity index (χ1v) is 5.60. The first-order chi connectivity index (χ1) is 7.18. The van der Waals surface area contributed by atoms with E-state index < -0.39 is 0 Å². The van der Waals surface area contributed by atoms with Crippen LogP contribution in [0.3, 0.4) is 0 Å². The summed E-state index contributed by atoms with van der Waals surface area (Å²) in [5.41, 5.74) is 0. The number of ether oxygens (including phenoxy) is 1. The lowest BCUT2D eigenvalue weighted by atomic mass is 9.99. The van der Waals surface area contributed by atoms with Gasteiger partial charge in [0.1, 0.15) is 5.78 Å². The van der Waals surface area contributed by atoms with E-state index in [-0.39, 0.29) is 23.7 Å². The van der Waals surface area contributed by atoms with Crippen molar-refractivity contribution in [2.75, 3.05) is 19.7 Å². The van der Waals surface area contributed by atoms with E-state index in [0.717, 1.165) is 6.42 Å². The van der Waals surface area contributed by atoms with Crippen molar-refractivity contribution in [2.45, 2.75) is 32.3 Å². The maximum atomic E-state index is 12.1. The van der Waals surface area contributed by atoms with Crippen LogP contribution in [0.4, 0.5) is 0 Å². The van der Waals surface area contributed by atoms with Gasteiger partial charge < -0.3 is 9.64 Å². The van der Waals surface area contributed by atoms with E-state index in [2.05, 4.69) is 0 Å². The molecule has 2 rings (SSSR count). The van der Waals surface area contributed by atoms with Gasteiger partial charge in [0.05, 0.1) is 12.0 Å². The Hall–Kier alpha value is -0.900. The Balaban J connectivity index is 1.93. The zero-order valence-electron chi connectivity index (χ0n) is 9.07. The third kappa shape index (κ3) is 2.20. The molecule has 0 aromatic carbocycles. The number of carbonyl (C=O) groups is 2. The van der Waals surface area contributed by atoms with Crippen molar-refractivity contribution < 1.29 is 14.3 Å². The van der Waals surface area contributed by atoms with E-state index in [1.807, 2.05) is 11.8 Å². The highest BCUT2D eigenvalue weighted by molar-refractivity contribution is 5.84. The van der Waals surface area contributed by atoms with Crippen molar-refractivity contribution in [3.8, 4) is 0 Å². The summed E-state index contributed by atoms with van der Waals surface area (Å²) in [7, 11) is 0. The maximum Gasteiger partial charge on any atom is 0.228 e. The topological polar surface area (TPSA) is 46.6 Å². The lowest BCUT2D eigenvalue weighted by Gasteiger charge is -2.29. The summed E-state index contributed by atoms with van der Waals surface area (Å²) in [6, 6.07) is 0. The second-order valence-electron chi connectivity index (χ2n) is 4.34. The number of carbonyl (C=O) groups excluding carboxylic acids is 2. The molecule has 2 aliphatic heterocycles. The minimum atomic E-state index is 0.0122. The molecule has 0 saturated carbocycles. The number of Topliss-reactive ketones (excluding diaryl/α,β-unsaturated/α-hetero) is 1. The van der Waals surface area contributed by atoms with Gasteiger partial charge in [0.15, 0.2) is 0 Å². The van der Waals surface area contributed by atoms with Crippen molar-refractivity contribution >= 4 is 11.7 Å². The van der Waals surface area contributed by atoms with Crippen LogP contribution in [-0.4, -0.2) is 42.4 Å².